The molecule has 0 saturated carbocycles. The fourth-order valence-corrected chi connectivity index (χ4v) is 1.76. The first kappa shape index (κ1) is 23.0. The number of nitrogens with one attached hydrogen (secondary N) is 2. The molecule has 12 nitrogen and oxygen atoms in total. The van der Waals surface area contributed by atoms with Crippen LogP contribution in [-0.4, -0.2) is 73.0 Å². The molecule has 0 fully saturated rings. The Morgan fingerprint density at radius 3 is 2.35 bits per heavy atom. The molecule has 8 N–H and O–H groups in total. The van der Waals surface area contributed by atoms with Gasteiger partial charge in [0.15, 0.2) is 5.96 Å². The van der Waals surface area contributed by atoms with Crippen molar-refractivity contribution in [2.24, 2.45) is 22.2 Å². The molecule has 0 saturated heterocycles. The van der Waals surface area contributed by atoms with Crippen LogP contribution in [0.1, 0.15) is 19.8 Å². The van der Waals surface area contributed by atoms with E-state index in [0.717, 1.165) is 6.92 Å². The lowest BCUT2D eigenvalue weighted by molar-refractivity contribution is -0.145. The van der Waals surface area contributed by atoms with Crippen LogP contribution in [0.2, 0.25) is 0 Å². The Balaban J connectivity index is 4.15. The molecule has 12 heteroatoms. The van der Waals surface area contributed by atoms with Crippen molar-refractivity contribution < 1.29 is 24.0 Å². The van der Waals surface area contributed by atoms with E-state index >= 15 is 0 Å². The van der Waals surface area contributed by atoms with E-state index in [4.69, 9.17) is 17.2 Å². The first-order chi connectivity index (χ1) is 12.2. The predicted molar refractivity (Wildman–Crippen MR) is 92.4 cm³/mol. The number of aldehydes is 1. The highest BCUT2D eigenvalue weighted by atomic mass is 16.2. The second kappa shape index (κ2) is 12.4. The van der Waals surface area contributed by atoms with Crippen LogP contribution in [0.25, 0.3) is 0 Å². The van der Waals surface area contributed by atoms with Crippen LogP contribution in [0.4, 0.5) is 0 Å². The Bertz CT molecular complexity index is 560. The van der Waals surface area contributed by atoms with E-state index < -0.39 is 42.8 Å². The van der Waals surface area contributed by atoms with Crippen molar-refractivity contribution in [2.75, 3.05) is 26.2 Å². The zero-order valence-electron chi connectivity index (χ0n) is 14.6. The number of imide groups is 1. The van der Waals surface area contributed by atoms with Crippen LogP contribution in [0.3, 0.4) is 0 Å². The first-order valence-corrected chi connectivity index (χ1v) is 7.79. The van der Waals surface area contributed by atoms with E-state index in [9.17, 15) is 24.0 Å². The third-order valence-corrected chi connectivity index (χ3v) is 3.10. The molecule has 0 aliphatic heterocycles. The zero-order chi connectivity index (χ0) is 20.1. The normalized spacial score (nSPS) is 11.0. The lowest BCUT2D eigenvalue weighted by Gasteiger charge is -2.16. The molecule has 0 aromatic rings. The van der Waals surface area contributed by atoms with Gasteiger partial charge >= 0.3 is 0 Å². The number of amides is 4. The molecule has 0 aliphatic carbocycles. The number of hydrogen-bond donors (Lipinski definition) is 5. The molecule has 146 valence electrons. The highest BCUT2D eigenvalue weighted by molar-refractivity contribution is 5.98. The highest BCUT2D eigenvalue weighted by Gasteiger charge is 2.18. The number of rotatable bonds is 11. The third-order valence-electron chi connectivity index (χ3n) is 3.10. The molecule has 0 heterocycles. The van der Waals surface area contributed by atoms with E-state index in [1.807, 2.05) is 0 Å². The van der Waals surface area contributed by atoms with Gasteiger partial charge in [-0.3, -0.25) is 29.1 Å². The SMILES string of the molecule is CC(=O)N(CC=O)C(=O)CNC(=O)CNC(=O)[C@@H](N)CCCN=C(N)N. The smallest absolute Gasteiger partial charge is 0.248 e. The number of guanidine groups is 1. The summed E-state index contributed by atoms with van der Waals surface area (Å²) in [4.78, 5) is 61.1. The summed E-state index contributed by atoms with van der Waals surface area (Å²) in [7, 11) is 0. The Morgan fingerprint density at radius 2 is 1.81 bits per heavy atom. The summed E-state index contributed by atoms with van der Waals surface area (Å²) in [5.41, 5.74) is 16.0. The van der Waals surface area contributed by atoms with Crippen LogP contribution in [0.15, 0.2) is 4.99 Å². The minimum absolute atomic E-state index is 0.0503. The van der Waals surface area contributed by atoms with Gasteiger partial charge in [0, 0.05) is 13.5 Å². The average molecular weight is 371 g/mol. The van der Waals surface area contributed by atoms with Crippen LogP contribution in [0.5, 0.6) is 0 Å². The minimum Gasteiger partial charge on any atom is -0.370 e. The zero-order valence-corrected chi connectivity index (χ0v) is 14.6. The van der Waals surface area contributed by atoms with E-state index in [2.05, 4.69) is 15.6 Å². The maximum atomic E-state index is 11.7. The standard InChI is InChI=1S/C14H25N7O5/c1-9(23)21(5-6-22)12(25)8-19-11(24)7-20-13(26)10(15)3-2-4-18-14(16)17/h6,10H,2-5,7-8,15H2,1H3,(H,19,24)(H,20,26)(H4,16,17,18)/t10-/m0/s1. The summed E-state index contributed by atoms with van der Waals surface area (Å²) in [5.74, 6) is -2.58. The second-order valence-electron chi connectivity index (χ2n) is 5.24. The number of nitrogens with zero attached hydrogens (tertiary/aromatic N) is 2. The van der Waals surface area contributed by atoms with Gasteiger partial charge in [0.05, 0.1) is 25.7 Å². The fourth-order valence-electron chi connectivity index (χ4n) is 1.76. The van der Waals surface area contributed by atoms with Gasteiger partial charge in [0.2, 0.25) is 23.6 Å². The van der Waals surface area contributed by atoms with Gasteiger partial charge in [0.1, 0.15) is 6.29 Å². The van der Waals surface area contributed by atoms with Crippen molar-refractivity contribution >= 4 is 35.9 Å². The fraction of sp³-hybridized carbons (Fsp3) is 0.571. The summed E-state index contributed by atoms with van der Waals surface area (Å²) < 4.78 is 0. The lowest BCUT2D eigenvalue weighted by atomic mass is 10.1. The van der Waals surface area contributed by atoms with Crippen LogP contribution in [0, 0.1) is 0 Å². The Kier molecular flexibility index (Phi) is 10.9. The molecule has 0 bridgehead atoms. The molecule has 0 aromatic heterocycles. The van der Waals surface area contributed by atoms with Gasteiger partial charge < -0.3 is 32.6 Å². The molecule has 4 amide bonds. The topological polar surface area (TPSA) is 203 Å². The monoisotopic (exact) mass is 371 g/mol. The minimum atomic E-state index is -0.834. The van der Waals surface area contributed by atoms with E-state index in [-0.39, 0.29) is 12.5 Å². The van der Waals surface area contributed by atoms with Gasteiger partial charge in [-0.15, -0.1) is 0 Å². The Labute approximate surface area is 150 Å². The van der Waals surface area contributed by atoms with Crippen LogP contribution >= 0.6 is 0 Å². The average Bonchev–Trinajstić information content (AvgIpc) is 2.58. The molecular weight excluding hydrogens is 346 g/mol. The van der Waals surface area contributed by atoms with Gasteiger partial charge in [0.25, 0.3) is 0 Å². The van der Waals surface area contributed by atoms with Crippen molar-refractivity contribution in [2.45, 2.75) is 25.8 Å². The highest BCUT2D eigenvalue weighted by Crippen LogP contribution is 1.95. The van der Waals surface area contributed by atoms with Gasteiger partial charge in [-0.05, 0) is 12.8 Å². The summed E-state index contributed by atoms with van der Waals surface area (Å²) >= 11 is 0. The molecule has 0 spiro atoms. The molecular formula is C14H25N7O5. The number of carbonyl (C=O) groups is 5. The number of aliphatic imine (C=N–C) groups is 1. The summed E-state index contributed by atoms with van der Waals surface area (Å²) in [6.07, 6.45) is 1.21. The summed E-state index contributed by atoms with van der Waals surface area (Å²) in [5, 5.41) is 4.56. The second-order valence-corrected chi connectivity index (χ2v) is 5.24. The largest absolute Gasteiger partial charge is 0.370 e. The van der Waals surface area contributed by atoms with Crippen LogP contribution < -0.4 is 27.8 Å². The van der Waals surface area contributed by atoms with Gasteiger partial charge in [-0.25, -0.2) is 0 Å². The first-order valence-electron chi connectivity index (χ1n) is 7.79. The van der Waals surface area contributed by atoms with Crippen molar-refractivity contribution in [3.05, 3.63) is 0 Å². The molecule has 1 atom stereocenters. The maximum Gasteiger partial charge on any atom is 0.248 e. The summed E-state index contributed by atoms with van der Waals surface area (Å²) in [6.45, 7) is 0.195. The van der Waals surface area contributed by atoms with E-state index in [1.54, 1.807) is 0 Å². The quantitative estimate of drug-likeness (QED) is 0.105. The van der Waals surface area contributed by atoms with Crippen molar-refractivity contribution in [1.29, 1.82) is 0 Å². The van der Waals surface area contributed by atoms with E-state index in [1.165, 1.54) is 0 Å². The van der Waals surface area contributed by atoms with Crippen molar-refractivity contribution in [3.8, 4) is 0 Å². The van der Waals surface area contributed by atoms with Gasteiger partial charge in [-0.2, -0.15) is 0 Å². The Morgan fingerprint density at radius 1 is 1.15 bits per heavy atom. The summed E-state index contributed by atoms with van der Waals surface area (Å²) in [6, 6.07) is -0.834. The van der Waals surface area contributed by atoms with Gasteiger partial charge in [-0.1, -0.05) is 0 Å². The molecule has 0 aliphatic rings. The number of hydrogen-bond acceptors (Lipinski definition) is 7. The molecule has 26 heavy (non-hydrogen) atoms. The number of carbonyl (C=O) groups excluding carboxylic acids is 5. The van der Waals surface area contributed by atoms with E-state index in [0.29, 0.717) is 30.6 Å². The molecule has 0 rings (SSSR count). The Hall–Kier alpha value is -3.02. The lowest BCUT2D eigenvalue weighted by Crippen LogP contribution is -2.47. The van der Waals surface area contributed by atoms with Crippen molar-refractivity contribution in [3.63, 3.8) is 0 Å². The third kappa shape index (κ3) is 9.97. The molecule has 0 aromatic carbocycles. The molecule has 0 unspecified atom stereocenters. The predicted octanol–water partition coefficient (Wildman–Crippen LogP) is -3.83. The number of nitrogens with two attached hydrogens (primary N) is 3. The molecule has 0 radical (unpaired) electrons. The maximum absolute atomic E-state index is 11.7. The van der Waals surface area contributed by atoms with Crippen molar-refractivity contribution in [1.82, 2.24) is 15.5 Å². The van der Waals surface area contributed by atoms with Crippen LogP contribution in [-0.2, 0) is 24.0 Å².